The molecular formula is C16H17ClN6. The lowest BCUT2D eigenvalue weighted by atomic mass is 10.2. The van der Waals surface area contributed by atoms with E-state index in [4.69, 9.17) is 11.6 Å². The number of hydrogen-bond acceptors (Lipinski definition) is 5. The molecule has 2 aromatic heterocycles. The van der Waals surface area contributed by atoms with Gasteiger partial charge < -0.3 is 10.2 Å². The second kappa shape index (κ2) is 6.14. The Labute approximate surface area is 139 Å². The Bertz CT molecular complexity index is 807. The number of nitrogens with zero attached hydrogens (tertiary/aromatic N) is 5. The van der Waals surface area contributed by atoms with E-state index in [0.717, 1.165) is 53.6 Å². The maximum Gasteiger partial charge on any atom is 0.163 e. The lowest BCUT2D eigenvalue weighted by Gasteiger charge is -2.28. The van der Waals surface area contributed by atoms with E-state index < -0.39 is 0 Å². The molecule has 4 rings (SSSR count). The molecule has 23 heavy (non-hydrogen) atoms. The van der Waals surface area contributed by atoms with Crippen LogP contribution in [0.25, 0.3) is 11.0 Å². The topological polar surface area (TPSA) is 58.9 Å². The Morgan fingerprint density at radius 2 is 1.87 bits per heavy atom. The van der Waals surface area contributed by atoms with Gasteiger partial charge in [0.2, 0.25) is 0 Å². The van der Waals surface area contributed by atoms with Gasteiger partial charge in [-0.15, -0.1) is 0 Å². The molecule has 118 valence electrons. The van der Waals surface area contributed by atoms with Crippen LogP contribution < -0.4 is 10.2 Å². The maximum atomic E-state index is 5.94. The first-order valence-corrected chi connectivity index (χ1v) is 8.06. The Balaban J connectivity index is 1.68. The maximum absolute atomic E-state index is 5.94. The van der Waals surface area contributed by atoms with Gasteiger partial charge in [-0.05, 0) is 17.7 Å². The number of hydrogen-bond donors (Lipinski definition) is 1. The number of piperazine rings is 1. The van der Waals surface area contributed by atoms with Gasteiger partial charge in [0, 0.05) is 31.2 Å². The number of benzene rings is 1. The summed E-state index contributed by atoms with van der Waals surface area (Å²) in [6.07, 6.45) is 3.49. The molecule has 1 aliphatic rings. The van der Waals surface area contributed by atoms with Gasteiger partial charge in [0.25, 0.3) is 0 Å². The standard InChI is InChI=1S/C16H17ClN6/c17-13-3-1-12(2-4-13)10-23-16-14(9-21-23)15(19-11-20-16)22-7-5-18-6-8-22/h1-4,9,11,18H,5-8,10H2. The van der Waals surface area contributed by atoms with Crippen molar-refractivity contribution in [1.82, 2.24) is 25.1 Å². The molecule has 0 radical (unpaired) electrons. The number of nitrogens with one attached hydrogen (secondary N) is 1. The number of fused-ring (bicyclic) bond motifs is 1. The molecule has 0 amide bonds. The average Bonchev–Trinajstić information content (AvgIpc) is 3.01. The molecule has 1 fully saturated rings. The zero-order valence-corrected chi connectivity index (χ0v) is 13.4. The molecule has 1 saturated heterocycles. The van der Waals surface area contributed by atoms with Crippen LogP contribution in [-0.4, -0.2) is 45.9 Å². The summed E-state index contributed by atoms with van der Waals surface area (Å²) in [5.74, 6) is 0.971. The molecule has 0 saturated carbocycles. The molecule has 0 unspecified atom stereocenters. The fourth-order valence-corrected chi connectivity index (χ4v) is 3.01. The van der Waals surface area contributed by atoms with Crippen LogP contribution in [0.4, 0.5) is 5.82 Å². The van der Waals surface area contributed by atoms with E-state index in [2.05, 4.69) is 25.3 Å². The van der Waals surface area contributed by atoms with Gasteiger partial charge in [-0.1, -0.05) is 23.7 Å². The largest absolute Gasteiger partial charge is 0.353 e. The first-order valence-electron chi connectivity index (χ1n) is 7.68. The minimum Gasteiger partial charge on any atom is -0.353 e. The van der Waals surface area contributed by atoms with Crippen molar-refractivity contribution < 1.29 is 0 Å². The molecule has 1 N–H and O–H groups in total. The molecule has 0 spiro atoms. The van der Waals surface area contributed by atoms with E-state index in [1.165, 1.54) is 0 Å². The summed E-state index contributed by atoms with van der Waals surface area (Å²) in [5, 5.41) is 9.61. The van der Waals surface area contributed by atoms with E-state index in [1.54, 1.807) is 6.33 Å². The van der Waals surface area contributed by atoms with Gasteiger partial charge in [0.1, 0.15) is 12.1 Å². The van der Waals surface area contributed by atoms with Gasteiger partial charge in [0.05, 0.1) is 18.1 Å². The van der Waals surface area contributed by atoms with Crippen molar-refractivity contribution >= 4 is 28.5 Å². The quantitative estimate of drug-likeness (QED) is 0.796. The smallest absolute Gasteiger partial charge is 0.163 e. The zero-order chi connectivity index (χ0) is 15.6. The Morgan fingerprint density at radius 3 is 2.65 bits per heavy atom. The van der Waals surface area contributed by atoms with Crippen LogP contribution in [0.3, 0.4) is 0 Å². The molecule has 0 aliphatic carbocycles. The van der Waals surface area contributed by atoms with Crippen LogP contribution in [0.1, 0.15) is 5.56 Å². The zero-order valence-electron chi connectivity index (χ0n) is 12.6. The number of aromatic nitrogens is 4. The number of rotatable bonds is 3. The van der Waals surface area contributed by atoms with Crippen molar-refractivity contribution in [1.29, 1.82) is 0 Å². The van der Waals surface area contributed by atoms with Gasteiger partial charge in [-0.3, -0.25) is 0 Å². The molecule has 1 aliphatic heterocycles. The van der Waals surface area contributed by atoms with E-state index in [-0.39, 0.29) is 0 Å². The van der Waals surface area contributed by atoms with Crippen LogP contribution in [-0.2, 0) is 6.54 Å². The molecular weight excluding hydrogens is 312 g/mol. The minimum atomic E-state index is 0.665. The molecule has 0 atom stereocenters. The van der Waals surface area contributed by atoms with Crippen molar-refractivity contribution in [3.63, 3.8) is 0 Å². The highest BCUT2D eigenvalue weighted by molar-refractivity contribution is 6.30. The SMILES string of the molecule is Clc1ccc(Cn2ncc3c(N4CCNCC4)ncnc32)cc1. The van der Waals surface area contributed by atoms with Crippen LogP contribution in [0.5, 0.6) is 0 Å². The first-order chi connectivity index (χ1) is 11.3. The van der Waals surface area contributed by atoms with E-state index >= 15 is 0 Å². The fourth-order valence-electron chi connectivity index (χ4n) is 2.89. The Morgan fingerprint density at radius 1 is 1.09 bits per heavy atom. The summed E-state index contributed by atoms with van der Waals surface area (Å²) >= 11 is 5.94. The second-order valence-corrected chi connectivity index (χ2v) is 6.04. The summed E-state index contributed by atoms with van der Waals surface area (Å²) in [6, 6.07) is 7.80. The van der Waals surface area contributed by atoms with E-state index in [9.17, 15) is 0 Å². The van der Waals surface area contributed by atoms with Crippen molar-refractivity contribution in [2.24, 2.45) is 0 Å². The predicted octanol–water partition coefficient (Wildman–Crippen LogP) is 1.94. The molecule has 3 heterocycles. The van der Waals surface area contributed by atoms with Crippen LogP contribution >= 0.6 is 11.6 Å². The molecule has 7 heteroatoms. The number of anilines is 1. The van der Waals surface area contributed by atoms with Crippen LogP contribution in [0.2, 0.25) is 5.02 Å². The van der Waals surface area contributed by atoms with Crippen LogP contribution in [0, 0.1) is 0 Å². The van der Waals surface area contributed by atoms with Crippen molar-refractivity contribution in [3.05, 3.63) is 47.4 Å². The third kappa shape index (κ3) is 2.87. The highest BCUT2D eigenvalue weighted by atomic mass is 35.5. The monoisotopic (exact) mass is 328 g/mol. The predicted molar refractivity (Wildman–Crippen MR) is 91.0 cm³/mol. The summed E-state index contributed by atoms with van der Waals surface area (Å²) in [7, 11) is 0. The third-order valence-electron chi connectivity index (χ3n) is 4.07. The van der Waals surface area contributed by atoms with Crippen LogP contribution in [0.15, 0.2) is 36.8 Å². The van der Waals surface area contributed by atoms with E-state index in [1.807, 2.05) is 35.1 Å². The molecule has 0 bridgehead atoms. The molecule has 3 aromatic rings. The summed E-state index contributed by atoms with van der Waals surface area (Å²) in [6.45, 7) is 4.52. The summed E-state index contributed by atoms with van der Waals surface area (Å²) in [5.41, 5.74) is 2.00. The van der Waals surface area contributed by atoms with Gasteiger partial charge in [-0.2, -0.15) is 5.10 Å². The normalized spacial score (nSPS) is 15.3. The second-order valence-electron chi connectivity index (χ2n) is 5.60. The lowest BCUT2D eigenvalue weighted by Crippen LogP contribution is -2.44. The Kier molecular flexibility index (Phi) is 3.85. The average molecular weight is 329 g/mol. The van der Waals surface area contributed by atoms with Crippen molar-refractivity contribution in [2.75, 3.05) is 31.1 Å². The summed E-state index contributed by atoms with van der Waals surface area (Å²) in [4.78, 5) is 11.2. The minimum absolute atomic E-state index is 0.665. The van der Waals surface area contributed by atoms with E-state index in [0.29, 0.717) is 6.54 Å². The van der Waals surface area contributed by atoms with Gasteiger partial charge >= 0.3 is 0 Å². The fraction of sp³-hybridized carbons (Fsp3) is 0.312. The first kappa shape index (κ1) is 14.4. The summed E-state index contributed by atoms with van der Waals surface area (Å²) < 4.78 is 1.91. The highest BCUT2D eigenvalue weighted by Gasteiger charge is 2.17. The van der Waals surface area contributed by atoms with Gasteiger partial charge in [-0.25, -0.2) is 14.6 Å². The molecule has 6 nitrogen and oxygen atoms in total. The molecule has 1 aromatic carbocycles. The van der Waals surface area contributed by atoms with Gasteiger partial charge in [0.15, 0.2) is 5.65 Å². The lowest BCUT2D eigenvalue weighted by molar-refractivity contribution is 0.586. The van der Waals surface area contributed by atoms with Crippen molar-refractivity contribution in [2.45, 2.75) is 6.54 Å². The third-order valence-corrected chi connectivity index (χ3v) is 4.33. The Hall–Kier alpha value is -2.18. The number of halogens is 1. The van der Waals surface area contributed by atoms with Crippen molar-refractivity contribution in [3.8, 4) is 0 Å². The highest BCUT2D eigenvalue weighted by Crippen LogP contribution is 2.23.